The van der Waals surface area contributed by atoms with Gasteiger partial charge in [0.25, 0.3) is 0 Å². The summed E-state index contributed by atoms with van der Waals surface area (Å²) >= 11 is 0. The van der Waals surface area contributed by atoms with E-state index in [0.29, 0.717) is 12.5 Å². The molecule has 4 atom stereocenters. The van der Waals surface area contributed by atoms with Crippen molar-refractivity contribution in [3.63, 3.8) is 0 Å². The predicted octanol–water partition coefficient (Wildman–Crippen LogP) is 2.60. The van der Waals surface area contributed by atoms with E-state index in [1.54, 1.807) is 0 Å². The van der Waals surface area contributed by atoms with Crippen molar-refractivity contribution >= 4 is 0 Å². The molecule has 0 aromatic rings. The van der Waals surface area contributed by atoms with Crippen LogP contribution >= 0.6 is 0 Å². The molecule has 0 radical (unpaired) electrons. The maximum absolute atomic E-state index is 10.1. The van der Waals surface area contributed by atoms with Gasteiger partial charge >= 0.3 is 0 Å². The second-order valence-corrected chi connectivity index (χ2v) is 4.68. The van der Waals surface area contributed by atoms with E-state index in [2.05, 4.69) is 6.92 Å². The lowest BCUT2D eigenvalue weighted by Crippen LogP contribution is -2.35. The van der Waals surface area contributed by atoms with Crippen molar-refractivity contribution in [3.8, 4) is 0 Å². The highest BCUT2D eigenvalue weighted by Gasteiger charge is 2.28. The van der Waals surface area contributed by atoms with Crippen molar-refractivity contribution in [1.29, 1.82) is 0 Å². The summed E-state index contributed by atoms with van der Waals surface area (Å²) in [6, 6.07) is 0. The van der Waals surface area contributed by atoms with Crippen LogP contribution in [0.4, 0.5) is 0 Å². The van der Waals surface area contributed by atoms with Crippen molar-refractivity contribution < 1.29 is 9.84 Å². The third-order valence-electron chi connectivity index (χ3n) is 3.37. The van der Waals surface area contributed by atoms with E-state index in [9.17, 15) is 5.11 Å². The van der Waals surface area contributed by atoms with Gasteiger partial charge in [-0.25, -0.2) is 0 Å². The van der Waals surface area contributed by atoms with Crippen LogP contribution in [0, 0.1) is 11.8 Å². The summed E-state index contributed by atoms with van der Waals surface area (Å²) in [5.74, 6) is 1.23. The zero-order valence-corrected chi connectivity index (χ0v) is 9.70. The first-order chi connectivity index (χ1) is 6.65. The summed E-state index contributed by atoms with van der Waals surface area (Å²) < 4.78 is 5.44. The molecule has 0 saturated heterocycles. The molecule has 0 heterocycles. The smallest absolute Gasteiger partial charge is 0.0827 e. The molecule has 1 aliphatic carbocycles. The minimum atomic E-state index is -0.266. The van der Waals surface area contributed by atoms with E-state index in [0.717, 1.165) is 5.92 Å². The van der Waals surface area contributed by atoms with Crippen LogP contribution in [-0.2, 0) is 4.74 Å². The highest BCUT2D eigenvalue weighted by Crippen LogP contribution is 2.32. The van der Waals surface area contributed by atoms with Crippen LogP contribution in [0.5, 0.6) is 0 Å². The topological polar surface area (TPSA) is 29.5 Å². The van der Waals surface area contributed by atoms with Crippen molar-refractivity contribution in [1.82, 2.24) is 0 Å². The molecule has 0 aromatic carbocycles. The number of aliphatic hydroxyl groups is 1. The Morgan fingerprint density at radius 1 is 1.43 bits per heavy atom. The van der Waals surface area contributed by atoms with Gasteiger partial charge in [-0.1, -0.05) is 19.8 Å². The second kappa shape index (κ2) is 5.72. The highest BCUT2D eigenvalue weighted by molar-refractivity contribution is 4.79. The number of hydrogen-bond donors (Lipinski definition) is 1. The van der Waals surface area contributed by atoms with Gasteiger partial charge in [0, 0.05) is 6.61 Å². The monoisotopic (exact) mass is 200 g/mol. The average molecular weight is 200 g/mol. The van der Waals surface area contributed by atoms with Crippen molar-refractivity contribution in [3.05, 3.63) is 0 Å². The zero-order chi connectivity index (χ0) is 10.6. The van der Waals surface area contributed by atoms with Crippen molar-refractivity contribution in [2.45, 2.75) is 58.7 Å². The fourth-order valence-corrected chi connectivity index (χ4v) is 2.54. The third-order valence-corrected chi connectivity index (χ3v) is 3.37. The van der Waals surface area contributed by atoms with E-state index in [4.69, 9.17) is 4.74 Å². The fourth-order valence-electron chi connectivity index (χ4n) is 2.54. The van der Waals surface area contributed by atoms with Crippen LogP contribution in [0.1, 0.15) is 46.5 Å². The van der Waals surface area contributed by atoms with E-state index >= 15 is 0 Å². The van der Waals surface area contributed by atoms with Crippen LogP contribution in [0.25, 0.3) is 0 Å². The molecule has 1 saturated carbocycles. The first-order valence-electron chi connectivity index (χ1n) is 5.94. The largest absolute Gasteiger partial charge is 0.390 e. The van der Waals surface area contributed by atoms with E-state index < -0.39 is 0 Å². The Balaban J connectivity index is 2.38. The molecule has 1 fully saturated rings. The molecule has 0 aliphatic heterocycles. The molecule has 0 amide bonds. The molecule has 84 valence electrons. The molecule has 14 heavy (non-hydrogen) atoms. The minimum Gasteiger partial charge on any atom is -0.390 e. The van der Waals surface area contributed by atoms with Gasteiger partial charge in [0.05, 0.1) is 12.2 Å². The Labute approximate surface area is 87.7 Å². The predicted molar refractivity (Wildman–Crippen MR) is 58.2 cm³/mol. The first kappa shape index (κ1) is 12.0. The molecular formula is C12H24O2. The number of ether oxygens (including phenoxy) is 1. The fraction of sp³-hybridized carbons (Fsp3) is 1.00. The van der Waals surface area contributed by atoms with Gasteiger partial charge in [-0.2, -0.15) is 0 Å². The van der Waals surface area contributed by atoms with Gasteiger partial charge in [0.15, 0.2) is 0 Å². The summed E-state index contributed by atoms with van der Waals surface area (Å²) in [7, 11) is 0. The molecule has 0 aromatic heterocycles. The lowest BCUT2D eigenvalue weighted by Gasteiger charge is -2.33. The van der Waals surface area contributed by atoms with Crippen LogP contribution in [0.15, 0.2) is 0 Å². The number of hydrogen-bond acceptors (Lipinski definition) is 2. The summed E-state index contributed by atoms with van der Waals surface area (Å²) in [6.07, 6.45) is 4.66. The Kier molecular flexibility index (Phi) is 4.90. The van der Waals surface area contributed by atoms with Crippen LogP contribution in [0.2, 0.25) is 0 Å². The Hall–Kier alpha value is -0.0800. The van der Waals surface area contributed by atoms with E-state index in [1.165, 1.54) is 25.7 Å². The lowest BCUT2D eigenvalue weighted by molar-refractivity contribution is -0.0589. The van der Waals surface area contributed by atoms with Crippen molar-refractivity contribution in [2.75, 3.05) is 6.61 Å². The van der Waals surface area contributed by atoms with Crippen LogP contribution in [-0.4, -0.2) is 23.9 Å². The van der Waals surface area contributed by atoms with Gasteiger partial charge in [-0.05, 0) is 38.5 Å². The van der Waals surface area contributed by atoms with Crippen LogP contribution in [0.3, 0.4) is 0 Å². The Morgan fingerprint density at radius 2 is 2.14 bits per heavy atom. The summed E-state index contributed by atoms with van der Waals surface area (Å²) in [4.78, 5) is 0. The molecule has 1 N–H and O–H groups in total. The Bertz CT molecular complexity index is 158. The average Bonchev–Trinajstić information content (AvgIpc) is 2.17. The first-order valence-corrected chi connectivity index (χ1v) is 5.94. The van der Waals surface area contributed by atoms with Gasteiger partial charge in [-0.3, -0.25) is 0 Å². The van der Waals surface area contributed by atoms with Gasteiger partial charge in [0.1, 0.15) is 0 Å². The quantitative estimate of drug-likeness (QED) is 0.756. The molecule has 1 rings (SSSR count). The second-order valence-electron chi connectivity index (χ2n) is 4.68. The van der Waals surface area contributed by atoms with E-state index in [1.807, 2.05) is 13.8 Å². The minimum absolute atomic E-state index is 0.00435. The van der Waals surface area contributed by atoms with E-state index in [-0.39, 0.29) is 12.2 Å². The number of aliphatic hydroxyl groups excluding tert-OH is 1. The number of rotatable bonds is 4. The lowest BCUT2D eigenvalue weighted by atomic mass is 9.78. The van der Waals surface area contributed by atoms with Gasteiger partial charge in [0.2, 0.25) is 0 Å². The van der Waals surface area contributed by atoms with Crippen molar-refractivity contribution in [2.24, 2.45) is 11.8 Å². The maximum Gasteiger partial charge on any atom is 0.0827 e. The maximum atomic E-state index is 10.1. The summed E-state index contributed by atoms with van der Waals surface area (Å²) in [5, 5.41) is 10.1. The molecule has 2 nitrogen and oxygen atoms in total. The van der Waals surface area contributed by atoms with Gasteiger partial charge < -0.3 is 9.84 Å². The third kappa shape index (κ3) is 3.25. The molecule has 0 spiro atoms. The standard InChI is InChI=1S/C12H24O2/c1-4-14-10(3)12(13)11-7-5-6-9(2)8-11/h9-13H,4-8H2,1-3H3. The molecule has 2 heteroatoms. The summed E-state index contributed by atoms with van der Waals surface area (Å²) in [6.45, 7) is 6.94. The summed E-state index contributed by atoms with van der Waals surface area (Å²) in [5.41, 5.74) is 0. The molecule has 1 aliphatic rings. The molecule has 4 unspecified atom stereocenters. The zero-order valence-electron chi connectivity index (χ0n) is 9.70. The molecule has 0 bridgehead atoms. The van der Waals surface area contributed by atoms with Crippen LogP contribution < -0.4 is 0 Å². The molecular weight excluding hydrogens is 176 g/mol. The Morgan fingerprint density at radius 3 is 2.71 bits per heavy atom. The highest BCUT2D eigenvalue weighted by atomic mass is 16.5. The SMILES string of the molecule is CCOC(C)C(O)C1CCCC(C)C1. The normalized spacial score (nSPS) is 32.6. The van der Waals surface area contributed by atoms with Gasteiger partial charge in [-0.15, -0.1) is 0 Å².